The van der Waals surface area contributed by atoms with Crippen molar-refractivity contribution in [3.05, 3.63) is 102 Å². The number of hydrogen-bond acceptors (Lipinski definition) is 6. The minimum absolute atomic E-state index is 0.128. The first-order valence-corrected chi connectivity index (χ1v) is 11.1. The molecule has 10 heteroatoms. The van der Waals surface area contributed by atoms with Gasteiger partial charge in [0.05, 0.1) is 19.2 Å². The Balaban J connectivity index is 1.50. The van der Waals surface area contributed by atoms with E-state index in [1.807, 2.05) is 54.6 Å². The van der Waals surface area contributed by atoms with Gasteiger partial charge in [0.25, 0.3) is 5.91 Å². The number of carbonyl (C=O) groups is 1. The van der Waals surface area contributed by atoms with E-state index in [4.69, 9.17) is 9.84 Å². The molecule has 5 rings (SSSR count). The zero-order valence-electron chi connectivity index (χ0n) is 19.6. The summed E-state index contributed by atoms with van der Waals surface area (Å²) in [5.74, 6) is 0.158. The number of rotatable bonds is 7. The van der Waals surface area contributed by atoms with Crippen LogP contribution in [0.3, 0.4) is 0 Å². The molecule has 0 unspecified atom stereocenters. The predicted octanol–water partition coefficient (Wildman–Crippen LogP) is 4.28. The molecule has 0 bridgehead atoms. The van der Waals surface area contributed by atoms with Crippen molar-refractivity contribution in [1.29, 1.82) is 0 Å². The predicted molar refractivity (Wildman–Crippen MR) is 132 cm³/mol. The van der Waals surface area contributed by atoms with Crippen LogP contribution in [0.2, 0.25) is 0 Å². The third kappa shape index (κ3) is 4.69. The van der Waals surface area contributed by atoms with E-state index in [0.29, 0.717) is 35.1 Å². The highest BCUT2D eigenvalue weighted by Crippen LogP contribution is 2.27. The third-order valence-corrected chi connectivity index (χ3v) is 5.59. The van der Waals surface area contributed by atoms with Crippen LogP contribution < -0.4 is 10.1 Å². The van der Waals surface area contributed by atoms with Crippen molar-refractivity contribution in [2.75, 3.05) is 12.4 Å². The third-order valence-electron chi connectivity index (χ3n) is 5.59. The lowest BCUT2D eigenvalue weighted by Crippen LogP contribution is -2.13. The van der Waals surface area contributed by atoms with Gasteiger partial charge < -0.3 is 10.1 Å². The van der Waals surface area contributed by atoms with Gasteiger partial charge in [0.2, 0.25) is 0 Å². The number of aryl methyl sites for hydroxylation is 1. The van der Waals surface area contributed by atoms with Crippen LogP contribution in [0, 0.1) is 12.7 Å². The summed E-state index contributed by atoms with van der Waals surface area (Å²) >= 11 is 0. The lowest BCUT2D eigenvalue weighted by molar-refractivity contribution is 0.102. The molecule has 0 fully saturated rings. The maximum atomic E-state index is 14.5. The molecular formula is C26H22FN7O2. The number of aromatic nitrogens is 6. The highest BCUT2D eigenvalue weighted by Gasteiger charge is 2.20. The first-order valence-electron chi connectivity index (χ1n) is 11.1. The number of tetrazole rings is 1. The van der Waals surface area contributed by atoms with Crippen LogP contribution >= 0.6 is 0 Å². The van der Waals surface area contributed by atoms with Gasteiger partial charge in [-0.3, -0.25) is 9.48 Å². The van der Waals surface area contributed by atoms with Crippen molar-refractivity contribution in [3.63, 3.8) is 0 Å². The smallest absolute Gasteiger partial charge is 0.259 e. The van der Waals surface area contributed by atoms with E-state index in [2.05, 4.69) is 20.8 Å². The molecule has 0 saturated heterocycles. The zero-order chi connectivity index (χ0) is 25.1. The molecule has 9 nitrogen and oxygen atoms in total. The summed E-state index contributed by atoms with van der Waals surface area (Å²) < 4.78 is 22.8. The van der Waals surface area contributed by atoms with Crippen LogP contribution in [0.25, 0.3) is 16.9 Å². The van der Waals surface area contributed by atoms with Gasteiger partial charge >= 0.3 is 0 Å². The van der Waals surface area contributed by atoms with Crippen molar-refractivity contribution >= 4 is 11.6 Å². The van der Waals surface area contributed by atoms with E-state index in [1.54, 1.807) is 24.9 Å². The van der Waals surface area contributed by atoms with Gasteiger partial charge in [-0.25, -0.2) is 4.39 Å². The SMILES string of the molecule is COc1cccc(-c2nn(Cc3ccccc3)cc2C(=O)Nc2ccc(F)c(-n3nnnc3C)c2)c1. The van der Waals surface area contributed by atoms with Gasteiger partial charge in [-0.15, -0.1) is 5.10 Å². The number of benzene rings is 3. The van der Waals surface area contributed by atoms with Crippen molar-refractivity contribution in [2.45, 2.75) is 13.5 Å². The standard InChI is InChI=1S/C26H22FN7O2/c1-17-29-31-32-34(17)24-14-20(11-12-23(24)27)28-26(35)22-16-33(15-18-7-4-3-5-8-18)30-25(22)19-9-6-10-21(13-19)36-2/h3-14,16H,15H2,1-2H3,(H,28,35). The molecule has 0 saturated carbocycles. The molecule has 5 aromatic rings. The summed E-state index contributed by atoms with van der Waals surface area (Å²) in [6.07, 6.45) is 1.70. The van der Waals surface area contributed by atoms with Crippen LogP contribution in [0.15, 0.2) is 79.0 Å². The number of ether oxygens (including phenoxy) is 1. The van der Waals surface area contributed by atoms with Gasteiger partial charge in [-0.05, 0) is 53.2 Å². The first kappa shape index (κ1) is 22.9. The van der Waals surface area contributed by atoms with E-state index < -0.39 is 11.7 Å². The quantitative estimate of drug-likeness (QED) is 0.371. The Morgan fingerprint density at radius 3 is 2.64 bits per heavy atom. The van der Waals surface area contributed by atoms with Gasteiger partial charge in [0.1, 0.15) is 22.9 Å². The van der Waals surface area contributed by atoms with Crippen LogP contribution in [-0.2, 0) is 6.54 Å². The molecule has 0 aliphatic rings. The Kier molecular flexibility index (Phi) is 6.23. The number of amides is 1. The fourth-order valence-electron chi connectivity index (χ4n) is 3.83. The van der Waals surface area contributed by atoms with E-state index >= 15 is 0 Å². The fraction of sp³-hybridized carbons (Fsp3) is 0.115. The second-order valence-corrected chi connectivity index (χ2v) is 8.06. The van der Waals surface area contributed by atoms with Crippen LogP contribution in [-0.4, -0.2) is 43.0 Å². The molecule has 0 spiro atoms. The van der Waals surface area contributed by atoms with E-state index in [1.165, 1.54) is 22.9 Å². The Labute approximate surface area is 206 Å². The second kappa shape index (κ2) is 9.79. The number of hydrogen-bond donors (Lipinski definition) is 1. The summed E-state index contributed by atoms with van der Waals surface area (Å²) in [6.45, 7) is 2.15. The first-order chi connectivity index (χ1) is 17.5. The minimum Gasteiger partial charge on any atom is -0.497 e. The molecule has 3 aromatic carbocycles. The van der Waals surface area contributed by atoms with E-state index in [9.17, 15) is 9.18 Å². The number of nitrogens with zero attached hydrogens (tertiary/aromatic N) is 6. The average Bonchev–Trinajstić information content (AvgIpc) is 3.52. The molecule has 0 atom stereocenters. The Hall–Kier alpha value is -4.86. The highest BCUT2D eigenvalue weighted by molar-refractivity contribution is 6.08. The molecule has 0 aliphatic carbocycles. The molecule has 1 amide bonds. The fourth-order valence-corrected chi connectivity index (χ4v) is 3.83. The Morgan fingerprint density at radius 2 is 1.89 bits per heavy atom. The maximum absolute atomic E-state index is 14.5. The van der Waals surface area contributed by atoms with Crippen molar-refractivity contribution < 1.29 is 13.9 Å². The number of halogens is 1. The number of nitrogens with one attached hydrogen (secondary N) is 1. The van der Waals surface area contributed by atoms with Crippen LogP contribution in [0.5, 0.6) is 5.75 Å². The van der Waals surface area contributed by atoms with Crippen LogP contribution in [0.4, 0.5) is 10.1 Å². The van der Waals surface area contributed by atoms with Gasteiger partial charge in [0.15, 0.2) is 5.82 Å². The van der Waals surface area contributed by atoms with E-state index in [0.717, 1.165) is 11.1 Å². The number of methoxy groups -OCH3 is 1. The van der Waals surface area contributed by atoms with Gasteiger partial charge in [-0.1, -0.05) is 42.5 Å². The average molecular weight is 484 g/mol. The summed E-state index contributed by atoms with van der Waals surface area (Å²) in [5, 5.41) is 18.7. The molecule has 180 valence electrons. The molecule has 2 heterocycles. The lowest BCUT2D eigenvalue weighted by Gasteiger charge is -2.09. The molecule has 2 aromatic heterocycles. The summed E-state index contributed by atoms with van der Waals surface area (Å²) in [7, 11) is 1.58. The monoisotopic (exact) mass is 483 g/mol. The van der Waals surface area contributed by atoms with Gasteiger partial charge in [-0.2, -0.15) is 9.78 Å². The molecule has 1 N–H and O–H groups in total. The highest BCUT2D eigenvalue weighted by atomic mass is 19.1. The molecule has 36 heavy (non-hydrogen) atoms. The second-order valence-electron chi connectivity index (χ2n) is 8.06. The maximum Gasteiger partial charge on any atom is 0.259 e. The minimum atomic E-state index is -0.517. The lowest BCUT2D eigenvalue weighted by atomic mass is 10.1. The molecular weight excluding hydrogens is 461 g/mol. The Bertz CT molecular complexity index is 1530. The van der Waals surface area contributed by atoms with Crippen molar-refractivity contribution in [1.82, 2.24) is 30.0 Å². The zero-order valence-corrected chi connectivity index (χ0v) is 19.6. The van der Waals surface area contributed by atoms with Crippen LogP contribution in [0.1, 0.15) is 21.7 Å². The molecule has 0 radical (unpaired) electrons. The number of anilines is 1. The topological polar surface area (TPSA) is 99.8 Å². The summed E-state index contributed by atoms with van der Waals surface area (Å²) in [6, 6.07) is 21.4. The summed E-state index contributed by atoms with van der Waals surface area (Å²) in [4.78, 5) is 13.4. The normalized spacial score (nSPS) is 10.9. The Morgan fingerprint density at radius 1 is 1.06 bits per heavy atom. The molecule has 0 aliphatic heterocycles. The van der Waals surface area contributed by atoms with Crippen molar-refractivity contribution in [2.24, 2.45) is 0 Å². The largest absolute Gasteiger partial charge is 0.497 e. The van der Waals surface area contributed by atoms with E-state index in [-0.39, 0.29) is 5.69 Å². The summed E-state index contributed by atoms with van der Waals surface area (Å²) in [5.41, 5.74) is 3.16. The van der Waals surface area contributed by atoms with Gasteiger partial charge in [0, 0.05) is 17.4 Å². The number of carbonyl (C=O) groups excluding carboxylic acids is 1. The van der Waals surface area contributed by atoms with Crippen molar-refractivity contribution in [3.8, 4) is 22.7 Å².